The number of benzene rings is 1. The lowest BCUT2D eigenvalue weighted by Crippen LogP contribution is -2.36. The van der Waals surface area contributed by atoms with Crippen LogP contribution in [0.2, 0.25) is 0 Å². The van der Waals surface area contributed by atoms with Crippen molar-refractivity contribution in [2.45, 2.75) is 50.7 Å². The topological polar surface area (TPSA) is 54.9 Å². The van der Waals surface area contributed by atoms with Crippen molar-refractivity contribution in [3.05, 3.63) is 65.0 Å². The van der Waals surface area contributed by atoms with Crippen molar-refractivity contribution in [3.63, 3.8) is 0 Å². The number of likely N-dealkylation sites (tertiary alicyclic amines) is 1. The van der Waals surface area contributed by atoms with Crippen molar-refractivity contribution >= 4 is 5.78 Å². The van der Waals surface area contributed by atoms with Crippen LogP contribution in [0.25, 0.3) is 0 Å². The number of fused-ring (bicyclic) bond motifs is 1. The summed E-state index contributed by atoms with van der Waals surface area (Å²) in [5, 5.41) is 0. The number of carbonyl (C=O) groups is 1. The molecule has 3 aliphatic rings. The number of alkyl halides is 3. The van der Waals surface area contributed by atoms with Gasteiger partial charge in [0.2, 0.25) is 0 Å². The molecular formula is C27H32F3N3O3. The fourth-order valence-electron chi connectivity index (χ4n) is 5.59. The summed E-state index contributed by atoms with van der Waals surface area (Å²) in [5.41, 5.74) is 1.95. The zero-order valence-corrected chi connectivity index (χ0v) is 20.3. The highest BCUT2D eigenvalue weighted by molar-refractivity contribution is 5.80. The molecule has 1 aromatic heterocycles. The van der Waals surface area contributed by atoms with Gasteiger partial charge in [0.15, 0.2) is 0 Å². The van der Waals surface area contributed by atoms with Gasteiger partial charge in [-0.1, -0.05) is 12.1 Å². The van der Waals surface area contributed by atoms with Crippen LogP contribution in [0, 0.1) is 5.92 Å². The molecule has 6 nitrogen and oxygen atoms in total. The highest BCUT2D eigenvalue weighted by Crippen LogP contribution is 2.32. The summed E-state index contributed by atoms with van der Waals surface area (Å²) in [4.78, 5) is 21.6. The van der Waals surface area contributed by atoms with Crippen LogP contribution in [-0.2, 0) is 40.0 Å². The molecule has 36 heavy (non-hydrogen) atoms. The number of rotatable bonds is 8. The minimum atomic E-state index is -4.36. The van der Waals surface area contributed by atoms with Crippen molar-refractivity contribution in [1.82, 2.24) is 14.8 Å². The van der Waals surface area contributed by atoms with Gasteiger partial charge in [0.1, 0.15) is 5.78 Å². The van der Waals surface area contributed by atoms with E-state index >= 15 is 0 Å². The summed E-state index contributed by atoms with van der Waals surface area (Å²) in [6.45, 7) is 4.75. The van der Waals surface area contributed by atoms with E-state index in [4.69, 9.17) is 9.47 Å². The Morgan fingerprint density at radius 3 is 2.83 bits per heavy atom. The van der Waals surface area contributed by atoms with Gasteiger partial charge in [-0.3, -0.25) is 19.6 Å². The summed E-state index contributed by atoms with van der Waals surface area (Å²) < 4.78 is 51.3. The molecule has 0 bridgehead atoms. The van der Waals surface area contributed by atoms with Crippen molar-refractivity contribution in [3.8, 4) is 0 Å². The maximum Gasteiger partial charge on any atom is 0.416 e. The van der Waals surface area contributed by atoms with E-state index in [0.29, 0.717) is 50.8 Å². The average molecular weight is 504 g/mol. The first kappa shape index (κ1) is 25.3. The Balaban J connectivity index is 1.20. The minimum absolute atomic E-state index is 0.0637. The average Bonchev–Trinajstić information content (AvgIpc) is 3.53. The van der Waals surface area contributed by atoms with Gasteiger partial charge in [0.05, 0.1) is 31.4 Å². The smallest absolute Gasteiger partial charge is 0.380 e. The van der Waals surface area contributed by atoms with E-state index in [0.717, 1.165) is 43.3 Å². The number of hydrogen-bond donors (Lipinski definition) is 0. The molecule has 2 aromatic rings. The summed E-state index contributed by atoms with van der Waals surface area (Å²) >= 11 is 0. The second-order valence-electron chi connectivity index (χ2n) is 10.1. The molecule has 0 aliphatic carbocycles. The second kappa shape index (κ2) is 11.0. The molecule has 0 amide bonds. The van der Waals surface area contributed by atoms with E-state index in [1.54, 1.807) is 18.5 Å². The molecule has 9 heteroatoms. The van der Waals surface area contributed by atoms with Gasteiger partial charge in [-0.05, 0) is 47.7 Å². The van der Waals surface area contributed by atoms with Crippen molar-refractivity contribution in [2.75, 3.05) is 39.4 Å². The second-order valence-corrected chi connectivity index (χ2v) is 10.1. The minimum Gasteiger partial charge on any atom is -0.380 e. The molecule has 0 spiro atoms. The van der Waals surface area contributed by atoms with Gasteiger partial charge in [0, 0.05) is 63.6 Å². The lowest BCUT2D eigenvalue weighted by atomic mass is 9.95. The Bertz CT molecular complexity index is 1040. The number of ketones is 1. The van der Waals surface area contributed by atoms with Crippen molar-refractivity contribution in [1.29, 1.82) is 0 Å². The Morgan fingerprint density at radius 2 is 2.08 bits per heavy atom. The Labute approximate surface area is 209 Å². The number of hydrogen-bond acceptors (Lipinski definition) is 6. The number of ether oxygens (including phenoxy) is 2. The van der Waals surface area contributed by atoms with Gasteiger partial charge in [-0.15, -0.1) is 0 Å². The molecule has 3 aliphatic heterocycles. The van der Waals surface area contributed by atoms with Gasteiger partial charge >= 0.3 is 6.18 Å². The zero-order valence-electron chi connectivity index (χ0n) is 20.3. The number of Topliss-reactive ketones (excluding diaryl/α,β-unsaturated/α-hetero) is 1. The molecule has 2 unspecified atom stereocenters. The van der Waals surface area contributed by atoms with E-state index in [1.807, 2.05) is 17.0 Å². The van der Waals surface area contributed by atoms with Gasteiger partial charge in [0.25, 0.3) is 0 Å². The van der Waals surface area contributed by atoms with Crippen LogP contribution in [0.15, 0.2) is 42.7 Å². The third-order valence-corrected chi connectivity index (χ3v) is 7.53. The largest absolute Gasteiger partial charge is 0.416 e. The number of halogens is 3. The fraction of sp³-hybridized carbons (Fsp3) is 0.556. The summed E-state index contributed by atoms with van der Waals surface area (Å²) in [6, 6.07) is 8.16. The molecule has 3 atom stereocenters. The Morgan fingerprint density at radius 1 is 1.19 bits per heavy atom. The molecule has 2 saturated heterocycles. The third-order valence-electron chi connectivity index (χ3n) is 7.53. The summed E-state index contributed by atoms with van der Waals surface area (Å²) in [6.07, 6.45) is 1.12. The van der Waals surface area contributed by atoms with Gasteiger partial charge in [-0.25, -0.2) is 0 Å². The van der Waals surface area contributed by atoms with Crippen LogP contribution < -0.4 is 0 Å². The van der Waals surface area contributed by atoms with Crippen LogP contribution in [0.4, 0.5) is 13.2 Å². The predicted octanol–water partition coefficient (Wildman–Crippen LogP) is 3.72. The highest BCUT2D eigenvalue weighted by atomic mass is 19.4. The Hall–Kier alpha value is -2.33. The molecule has 194 valence electrons. The van der Waals surface area contributed by atoms with E-state index in [9.17, 15) is 18.0 Å². The predicted molar refractivity (Wildman–Crippen MR) is 127 cm³/mol. The molecule has 0 radical (unpaired) electrons. The normalized spacial score (nSPS) is 25.2. The summed E-state index contributed by atoms with van der Waals surface area (Å²) in [7, 11) is 0. The zero-order chi connectivity index (χ0) is 25.1. The van der Waals surface area contributed by atoms with Gasteiger partial charge in [-0.2, -0.15) is 13.2 Å². The molecule has 5 rings (SSSR count). The molecule has 1 aromatic carbocycles. The number of nitrogens with zero attached hydrogens (tertiary/aromatic N) is 3. The molecule has 4 heterocycles. The van der Waals surface area contributed by atoms with E-state index in [1.165, 1.54) is 6.07 Å². The van der Waals surface area contributed by atoms with E-state index in [-0.39, 0.29) is 24.3 Å². The highest BCUT2D eigenvalue weighted by Gasteiger charge is 2.39. The molecule has 0 saturated carbocycles. The molecular weight excluding hydrogens is 471 g/mol. The van der Waals surface area contributed by atoms with Crippen LogP contribution in [-0.4, -0.2) is 72.1 Å². The lowest BCUT2D eigenvalue weighted by Gasteiger charge is -2.29. The standard InChI is InChI=1S/C27H32F3N3O3/c28-27(29,30)23-4-3-20-5-8-32(13-21(20)10-23)15-25(34)11-22-14-33(24-6-9-35-18-24)16-26(22)36-17-19-2-1-7-31-12-19/h1-4,7,10,12,22,24,26H,5-6,8-9,11,13-18H2/t22?,24?,26-/m0/s1. The fourth-order valence-corrected chi connectivity index (χ4v) is 5.59. The first-order valence-corrected chi connectivity index (χ1v) is 12.6. The van der Waals surface area contributed by atoms with Gasteiger partial charge < -0.3 is 9.47 Å². The van der Waals surface area contributed by atoms with Crippen LogP contribution in [0.3, 0.4) is 0 Å². The first-order valence-electron chi connectivity index (χ1n) is 12.6. The number of carbonyl (C=O) groups excluding carboxylic acids is 1. The Kier molecular flexibility index (Phi) is 7.71. The summed E-state index contributed by atoms with van der Waals surface area (Å²) in [5.74, 6) is 0.179. The maximum atomic E-state index is 13.1. The lowest BCUT2D eigenvalue weighted by molar-refractivity contribution is -0.137. The monoisotopic (exact) mass is 503 g/mol. The van der Waals surface area contributed by atoms with Crippen molar-refractivity contribution in [2.24, 2.45) is 5.92 Å². The van der Waals surface area contributed by atoms with Crippen LogP contribution >= 0.6 is 0 Å². The van der Waals surface area contributed by atoms with Crippen LogP contribution in [0.1, 0.15) is 35.1 Å². The SMILES string of the molecule is O=C(CC1CN(C2CCOC2)C[C@@H]1OCc1cccnc1)CN1CCc2ccc(C(F)(F)F)cc2C1. The van der Waals surface area contributed by atoms with Crippen molar-refractivity contribution < 1.29 is 27.4 Å². The van der Waals surface area contributed by atoms with E-state index in [2.05, 4.69) is 9.88 Å². The molecule has 0 N–H and O–H groups in total. The number of aromatic nitrogens is 1. The quantitative estimate of drug-likeness (QED) is 0.548. The number of pyridine rings is 1. The van der Waals surface area contributed by atoms with E-state index < -0.39 is 11.7 Å². The first-order chi connectivity index (χ1) is 17.3. The maximum absolute atomic E-state index is 13.1. The van der Waals surface area contributed by atoms with Crippen LogP contribution in [0.5, 0.6) is 0 Å². The molecule has 2 fully saturated rings. The third kappa shape index (κ3) is 6.14.